The number of carbonyl (C=O) groups is 8. The minimum absolute atomic E-state index is 0.00119. The standard InChI is InChI=1S/C44H66N10O10/c1-7-25(5)35(45)43(62)54-18-10-12-33(54)38(57)51-36(24(3)4)41(60)50-30(20-28-21-46-23-48-28)42(61)53-17-9-11-32(53)39(58)52-37(26(6)8-2)40(59)47-22-34(56)49-31(44(63)64)19-27-13-15-29(55)16-14-27/h13-16,21,23-26,30-33,35-37,55H,7-12,17-20,22,45H2,1-6H3,(H,46,48)(H,47,59)(H,49,56)(H,50,60)(H,51,57)(H,52,58)(H,63,64)/t25-,26-,30-,31-,32-,33-,35-,36-,37-/m0/s1. The summed E-state index contributed by atoms with van der Waals surface area (Å²) in [7, 11) is 0. The van der Waals surface area contributed by atoms with Gasteiger partial charge in [-0.25, -0.2) is 9.78 Å². The molecule has 2 aromatic rings. The number of H-pyrrole nitrogens is 1. The predicted molar refractivity (Wildman–Crippen MR) is 234 cm³/mol. The van der Waals surface area contributed by atoms with Crippen molar-refractivity contribution in [1.29, 1.82) is 0 Å². The summed E-state index contributed by atoms with van der Waals surface area (Å²) in [6.45, 7) is 10.8. The number of carboxylic acid groups (broad SMARTS) is 1. The molecular formula is C44H66N10O10. The third-order valence-electron chi connectivity index (χ3n) is 12.3. The number of hydrogen-bond donors (Lipinski definition) is 9. The fraction of sp³-hybridized carbons (Fsp3) is 0.614. The van der Waals surface area contributed by atoms with Gasteiger partial charge in [0, 0.05) is 37.8 Å². The highest BCUT2D eigenvalue weighted by Crippen LogP contribution is 2.23. The number of benzene rings is 1. The SMILES string of the molecule is CC[C@H](C)[C@H](N)C(=O)N1CCC[C@H]1C(=O)N[C@H](C(=O)N[C@@H](Cc1cnc[nH]1)C(=O)N1CCC[C@H]1C(=O)N[C@H](C(=O)NCC(=O)N[C@@H](Cc1ccc(O)cc1)C(=O)O)[C@@H](C)CC)C(C)C. The lowest BCUT2D eigenvalue weighted by Gasteiger charge is -2.32. The highest BCUT2D eigenvalue weighted by Gasteiger charge is 2.42. The van der Waals surface area contributed by atoms with Crippen LogP contribution in [0.3, 0.4) is 0 Å². The molecule has 2 aliphatic rings. The van der Waals surface area contributed by atoms with E-state index < -0.39 is 102 Å². The second kappa shape index (κ2) is 23.6. The van der Waals surface area contributed by atoms with Gasteiger partial charge in [-0.15, -0.1) is 0 Å². The molecule has 2 fully saturated rings. The number of amides is 7. The predicted octanol–water partition coefficient (Wildman–Crippen LogP) is 0.0980. The zero-order valence-corrected chi connectivity index (χ0v) is 37.6. The average Bonchev–Trinajstić information content (AvgIpc) is 4.09. The monoisotopic (exact) mass is 894 g/mol. The number of carbonyl (C=O) groups excluding carboxylic acids is 7. The first-order valence-corrected chi connectivity index (χ1v) is 22.2. The first-order valence-electron chi connectivity index (χ1n) is 22.2. The Morgan fingerprint density at radius 3 is 1.88 bits per heavy atom. The van der Waals surface area contributed by atoms with Gasteiger partial charge in [-0.3, -0.25) is 33.6 Å². The lowest BCUT2D eigenvalue weighted by atomic mass is 9.97. The Labute approximate surface area is 373 Å². The van der Waals surface area contributed by atoms with E-state index in [0.717, 1.165) is 0 Å². The molecule has 0 spiro atoms. The van der Waals surface area contributed by atoms with E-state index in [1.807, 2.05) is 20.8 Å². The lowest BCUT2D eigenvalue weighted by Crippen LogP contribution is -2.61. The van der Waals surface area contributed by atoms with Crippen LogP contribution in [0.15, 0.2) is 36.8 Å². The van der Waals surface area contributed by atoms with Crippen molar-refractivity contribution in [3.8, 4) is 5.75 Å². The summed E-state index contributed by atoms with van der Waals surface area (Å²) in [4.78, 5) is 118. The summed E-state index contributed by atoms with van der Waals surface area (Å²) in [6, 6.07) is -1.48. The summed E-state index contributed by atoms with van der Waals surface area (Å²) < 4.78 is 0. The molecular weight excluding hydrogens is 829 g/mol. The maximum atomic E-state index is 14.4. The number of phenols is 1. The van der Waals surface area contributed by atoms with Crippen LogP contribution < -0.4 is 32.3 Å². The molecule has 2 saturated heterocycles. The van der Waals surface area contributed by atoms with Crippen molar-refractivity contribution in [2.24, 2.45) is 23.5 Å². The van der Waals surface area contributed by atoms with Crippen LogP contribution in [0.4, 0.5) is 0 Å². The van der Waals surface area contributed by atoms with E-state index in [-0.39, 0.29) is 43.4 Å². The van der Waals surface area contributed by atoms with Crippen LogP contribution in [0, 0.1) is 17.8 Å². The van der Waals surface area contributed by atoms with E-state index in [0.29, 0.717) is 49.9 Å². The van der Waals surface area contributed by atoms with E-state index in [1.165, 1.54) is 46.6 Å². The number of aromatic nitrogens is 2. The number of hydrogen-bond acceptors (Lipinski definition) is 11. The molecule has 4 rings (SSSR count). The van der Waals surface area contributed by atoms with Crippen molar-refractivity contribution in [2.45, 2.75) is 135 Å². The highest BCUT2D eigenvalue weighted by molar-refractivity contribution is 5.97. The number of imidazole rings is 1. The van der Waals surface area contributed by atoms with Gasteiger partial charge in [0.1, 0.15) is 42.0 Å². The van der Waals surface area contributed by atoms with Crippen molar-refractivity contribution < 1.29 is 48.6 Å². The molecule has 352 valence electrons. The molecule has 7 amide bonds. The summed E-state index contributed by atoms with van der Waals surface area (Å²) in [5.74, 6) is -6.33. The topological polar surface area (TPSA) is 298 Å². The Bertz CT molecular complexity index is 1940. The normalized spacial score (nSPS) is 19.4. The minimum atomic E-state index is -1.32. The molecule has 64 heavy (non-hydrogen) atoms. The first kappa shape index (κ1) is 50.6. The Hall–Kier alpha value is -6.05. The molecule has 1 aromatic heterocycles. The fourth-order valence-electron chi connectivity index (χ4n) is 7.90. The van der Waals surface area contributed by atoms with Crippen LogP contribution in [0.1, 0.15) is 91.3 Å². The van der Waals surface area contributed by atoms with Gasteiger partial charge >= 0.3 is 5.97 Å². The van der Waals surface area contributed by atoms with Gasteiger partial charge in [0.2, 0.25) is 41.4 Å². The van der Waals surface area contributed by atoms with Crippen LogP contribution in [-0.4, -0.2) is 139 Å². The van der Waals surface area contributed by atoms with Crippen LogP contribution in [0.5, 0.6) is 5.75 Å². The van der Waals surface area contributed by atoms with Crippen LogP contribution in [-0.2, 0) is 51.2 Å². The highest BCUT2D eigenvalue weighted by atomic mass is 16.4. The second-order valence-electron chi connectivity index (χ2n) is 17.3. The second-order valence-corrected chi connectivity index (χ2v) is 17.3. The van der Waals surface area contributed by atoms with Crippen LogP contribution >= 0.6 is 0 Å². The van der Waals surface area contributed by atoms with Gasteiger partial charge in [-0.05, 0) is 61.1 Å². The quantitative estimate of drug-likeness (QED) is 0.0761. The number of nitrogens with zero attached hydrogens (tertiary/aromatic N) is 3. The van der Waals surface area contributed by atoms with Crippen molar-refractivity contribution in [1.82, 2.24) is 46.4 Å². The summed E-state index contributed by atoms with van der Waals surface area (Å²) in [5, 5.41) is 32.5. The molecule has 0 unspecified atom stereocenters. The lowest BCUT2D eigenvalue weighted by molar-refractivity contribution is -0.143. The van der Waals surface area contributed by atoms with Gasteiger partial charge in [0.05, 0.1) is 18.9 Å². The van der Waals surface area contributed by atoms with Gasteiger partial charge in [0.15, 0.2) is 0 Å². The van der Waals surface area contributed by atoms with Crippen LogP contribution in [0.2, 0.25) is 0 Å². The fourth-order valence-corrected chi connectivity index (χ4v) is 7.90. The number of nitrogens with two attached hydrogens (primary N) is 1. The molecule has 0 bridgehead atoms. The van der Waals surface area contributed by atoms with Crippen LogP contribution in [0.25, 0.3) is 0 Å². The minimum Gasteiger partial charge on any atom is -0.508 e. The average molecular weight is 895 g/mol. The summed E-state index contributed by atoms with van der Waals surface area (Å²) in [6.07, 6.45) is 5.70. The first-order chi connectivity index (χ1) is 30.4. The zero-order valence-electron chi connectivity index (χ0n) is 37.6. The number of aromatic amines is 1. The Kier molecular flexibility index (Phi) is 18.6. The Morgan fingerprint density at radius 2 is 1.34 bits per heavy atom. The summed E-state index contributed by atoms with van der Waals surface area (Å²) >= 11 is 0. The third kappa shape index (κ3) is 13.5. The van der Waals surface area contributed by atoms with Crippen molar-refractivity contribution in [3.63, 3.8) is 0 Å². The molecule has 9 atom stereocenters. The molecule has 20 nitrogen and oxygen atoms in total. The van der Waals surface area contributed by atoms with E-state index in [1.54, 1.807) is 20.8 Å². The third-order valence-corrected chi connectivity index (χ3v) is 12.3. The summed E-state index contributed by atoms with van der Waals surface area (Å²) in [5.41, 5.74) is 7.32. The largest absolute Gasteiger partial charge is 0.508 e. The Morgan fingerprint density at radius 1 is 0.766 bits per heavy atom. The molecule has 0 aliphatic carbocycles. The molecule has 2 aliphatic heterocycles. The molecule has 0 radical (unpaired) electrons. The molecule has 10 N–H and O–H groups in total. The number of carboxylic acids is 1. The van der Waals surface area contributed by atoms with Gasteiger partial charge in [0.25, 0.3) is 0 Å². The van der Waals surface area contributed by atoms with Crippen molar-refractivity contribution in [3.05, 3.63) is 48.0 Å². The number of likely N-dealkylation sites (tertiary alicyclic amines) is 2. The molecule has 3 heterocycles. The number of phenolic OH excluding ortho intramolecular Hbond substituents is 1. The zero-order chi connectivity index (χ0) is 47.2. The van der Waals surface area contributed by atoms with Gasteiger partial charge in [-0.1, -0.05) is 66.5 Å². The number of aliphatic carboxylic acids is 1. The smallest absolute Gasteiger partial charge is 0.326 e. The maximum Gasteiger partial charge on any atom is 0.326 e. The molecule has 20 heteroatoms. The molecule has 1 aromatic carbocycles. The van der Waals surface area contributed by atoms with E-state index in [2.05, 4.69) is 36.6 Å². The molecule has 0 saturated carbocycles. The van der Waals surface area contributed by atoms with Gasteiger partial charge < -0.3 is 57.3 Å². The van der Waals surface area contributed by atoms with E-state index in [9.17, 15) is 48.6 Å². The maximum absolute atomic E-state index is 14.4. The number of nitrogens with one attached hydrogen (secondary N) is 6. The Balaban J connectivity index is 1.44. The van der Waals surface area contributed by atoms with Gasteiger partial charge in [-0.2, -0.15) is 0 Å². The van der Waals surface area contributed by atoms with Crippen molar-refractivity contribution in [2.75, 3.05) is 19.6 Å². The number of rotatable bonds is 22. The van der Waals surface area contributed by atoms with E-state index in [4.69, 9.17) is 5.73 Å². The van der Waals surface area contributed by atoms with E-state index >= 15 is 0 Å². The number of aromatic hydroxyl groups is 1. The van der Waals surface area contributed by atoms with Crippen molar-refractivity contribution >= 4 is 47.3 Å².